The predicted molar refractivity (Wildman–Crippen MR) is 113 cm³/mol. The van der Waals surface area contributed by atoms with Crippen LogP contribution in [0.4, 0.5) is 16.2 Å². The third-order valence-electron chi connectivity index (χ3n) is 5.11. The number of hydrogen-bond acceptors (Lipinski definition) is 4. The number of nitrogens with zero attached hydrogens (tertiary/aromatic N) is 1. The minimum atomic E-state index is -1.12. The Labute approximate surface area is 176 Å². The molecular formula is C21H30N4O5. The van der Waals surface area contributed by atoms with E-state index >= 15 is 0 Å². The first-order valence-electron chi connectivity index (χ1n) is 10.1. The monoisotopic (exact) mass is 418 g/mol. The fourth-order valence-corrected chi connectivity index (χ4v) is 3.28. The van der Waals surface area contributed by atoms with E-state index in [2.05, 4.69) is 16.0 Å². The highest BCUT2D eigenvalue weighted by molar-refractivity contribution is 6.10. The zero-order chi connectivity index (χ0) is 22.4. The third kappa shape index (κ3) is 5.71. The average molecular weight is 418 g/mol. The number of anilines is 2. The van der Waals surface area contributed by atoms with Crippen molar-refractivity contribution in [1.82, 2.24) is 10.6 Å². The molecule has 0 aromatic heterocycles. The van der Waals surface area contributed by atoms with Crippen molar-refractivity contribution in [3.63, 3.8) is 0 Å². The van der Waals surface area contributed by atoms with Crippen molar-refractivity contribution in [2.24, 2.45) is 11.8 Å². The molecule has 1 heterocycles. The van der Waals surface area contributed by atoms with Gasteiger partial charge in [0.05, 0.1) is 11.4 Å². The Hall–Kier alpha value is -3.10. The van der Waals surface area contributed by atoms with E-state index in [0.717, 1.165) is 0 Å². The summed E-state index contributed by atoms with van der Waals surface area (Å²) in [7, 11) is 0. The van der Waals surface area contributed by atoms with Crippen LogP contribution < -0.4 is 20.9 Å². The number of rotatable bonds is 8. The zero-order valence-electron chi connectivity index (χ0n) is 17.8. The summed E-state index contributed by atoms with van der Waals surface area (Å²) >= 11 is 0. The molecule has 0 radical (unpaired) electrons. The highest BCUT2D eigenvalue weighted by atomic mass is 16.4. The lowest BCUT2D eigenvalue weighted by Gasteiger charge is -2.31. The van der Waals surface area contributed by atoms with E-state index in [1.165, 1.54) is 4.90 Å². The van der Waals surface area contributed by atoms with Crippen molar-refractivity contribution in [2.75, 3.05) is 16.8 Å². The van der Waals surface area contributed by atoms with Crippen LogP contribution in [-0.2, 0) is 14.4 Å². The molecule has 4 amide bonds. The first-order valence-corrected chi connectivity index (χ1v) is 10.1. The normalized spacial score (nSPS) is 16.2. The first-order chi connectivity index (χ1) is 14.1. The van der Waals surface area contributed by atoms with Gasteiger partial charge in [0.25, 0.3) is 0 Å². The molecule has 2 rings (SSSR count). The smallest absolute Gasteiger partial charge is 0.326 e. The minimum absolute atomic E-state index is 0.0740. The summed E-state index contributed by atoms with van der Waals surface area (Å²) in [6, 6.07) is 4.32. The number of para-hydroxylation sites is 2. The summed E-state index contributed by atoms with van der Waals surface area (Å²) in [5, 5.41) is 17.4. The molecule has 0 aliphatic carbocycles. The molecule has 3 atom stereocenters. The predicted octanol–water partition coefficient (Wildman–Crippen LogP) is 2.18. The van der Waals surface area contributed by atoms with Crippen molar-refractivity contribution in [3.05, 3.63) is 24.3 Å². The lowest BCUT2D eigenvalue weighted by Crippen LogP contribution is -2.57. The highest BCUT2D eigenvalue weighted by Crippen LogP contribution is 2.28. The number of benzene rings is 1. The van der Waals surface area contributed by atoms with E-state index in [1.54, 1.807) is 31.2 Å². The Bertz CT molecular complexity index is 810. The molecule has 3 unspecified atom stereocenters. The van der Waals surface area contributed by atoms with Gasteiger partial charge in [-0.15, -0.1) is 0 Å². The van der Waals surface area contributed by atoms with Crippen molar-refractivity contribution >= 4 is 35.2 Å². The highest BCUT2D eigenvalue weighted by Gasteiger charge is 2.33. The molecule has 0 saturated carbocycles. The van der Waals surface area contributed by atoms with Gasteiger partial charge in [0.1, 0.15) is 18.6 Å². The Morgan fingerprint density at radius 3 is 2.43 bits per heavy atom. The Morgan fingerprint density at radius 2 is 1.83 bits per heavy atom. The second-order valence-corrected chi connectivity index (χ2v) is 7.99. The van der Waals surface area contributed by atoms with Crippen LogP contribution >= 0.6 is 0 Å². The van der Waals surface area contributed by atoms with E-state index in [1.807, 2.05) is 20.8 Å². The lowest BCUT2D eigenvalue weighted by molar-refractivity contribution is -0.143. The Morgan fingerprint density at radius 1 is 1.17 bits per heavy atom. The third-order valence-corrected chi connectivity index (χ3v) is 5.11. The van der Waals surface area contributed by atoms with Gasteiger partial charge in [-0.25, -0.2) is 9.59 Å². The Kier molecular flexibility index (Phi) is 7.79. The van der Waals surface area contributed by atoms with Gasteiger partial charge in [-0.05, 0) is 30.4 Å². The first kappa shape index (κ1) is 23.2. The van der Waals surface area contributed by atoms with E-state index in [4.69, 9.17) is 0 Å². The number of amides is 4. The molecule has 1 aromatic carbocycles. The summed E-state index contributed by atoms with van der Waals surface area (Å²) in [5.74, 6) is -2.20. The van der Waals surface area contributed by atoms with E-state index < -0.39 is 30.0 Å². The van der Waals surface area contributed by atoms with Crippen LogP contribution in [-0.4, -0.2) is 47.5 Å². The number of carboxylic acid groups (broad SMARTS) is 1. The number of carbonyl (C=O) groups excluding carboxylic acids is 3. The van der Waals surface area contributed by atoms with E-state index in [9.17, 15) is 24.3 Å². The fourth-order valence-electron chi connectivity index (χ4n) is 3.28. The van der Waals surface area contributed by atoms with Crippen LogP contribution in [0, 0.1) is 11.8 Å². The van der Waals surface area contributed by atoms with Crippen molar-refractivity contribution in [1.29, 1.82) is 0 Å². The average Bonchev–Trinajstić information content (AvgIpc) is 2.69. The number of aliphatic carboxylic acids is 1. The van der Waals surface area contributed by atoms with Crippen LogP contribution in [0.5, 0.6) is 0 Å². The maximum atomic E-state index is 13.0. The molecule has 1 aromatic rings. The standard InChI is InChI=1S/C21H30N4O5/c1-5-13(4)18(20(28)29)24-19(27)15(10-12(2)3)23-21(30)25-11-17(26)22-14-8-6-7-9-16(14)25/h6-9,12-13,15,18H,5,10-11H2,1-4H3,(H,22,26)(H,23,30)(H,24,27)(H,28,29). The van der Waals surface area contributed by atoms with Gasteiger partial charge < -0.3 is 21.1 Å². The van der Waals surface area contributed by atoms with Gasteiger partial charge in [-0.2, -0.15) is 0 Å². The van der Waals surface area contributed by atoms with Gasteiger partial charge >= 0.3 is 12.0 Å². The van der Waals surface area contributed by atoms with Crippen molar-refractivity contribution in [3.8, 4) is 0 Å². The SMILES string of the molecule is CCC(C)C(NC(=O)C(CC(C)C)NC(=O)N1CC(=O)Nc2ccccc21)C(=O)O. The number of nitrogens with one attached hydrogen (secondary N) is 3. The van der Waals surface area contributed by atoms with Crippen LogP contribution in [0.25, 0.3) is 0 Å². The van der Waals surface area contributed by atoms with E-state index in [-0.39, 0.29) is 24.3 Å². The lowest BCUT2D eigenvalue weighted by atomic mass is 9.97. The number of carboxylic acids is 1. The quantitative estimate of drug-likeness (QED) is 0.514. The fraction of sp³-hybridized carbons (Fsp3) is 0.524. The number of hydrogen-bond donors (Lipinski definition) is 4. The Balaban J connectivity index is 2.20. The molecule has 4 N–H and O–H groups in total. The molecule has 9 heteroatoms. The second kappa shape index (κ2) is 10.1. The molecule has 0 fully saturated rings. The summed E-state index contributed by atoms with van der Waals surface area (Å²) in [5.41, 5.74) is 1.04. The van der Waals surface area contributed by atoms with Gasteiger partial charge in [0, 0.05) is 0 Å². The molecule has 0 spiro atoms. The topological polar surface area (TPSA) is 128 Å². The van der Waals surface area contributed by atoms with Gasteiger partial charge in [0.2, 0.25) is 11.8 Å². The molecule has 9 nitrogen and oxygen atoms in total. The van der Waals surface area contributed by atoms with Gasteiger partial charge in [-0.1, -0.05) is 46.2 Å². The molecule has 0 bridgehead atoms. The van der Waals surface area contributed by atoms with Crippen LogP contribution in [0.1, 0.15) is 40.5 Å². The molecule has 1 aliphatic heterocycles. The van der Waals surface area contributed by atoms with Crippen molar-refractivity contribution < 1.29 is 24.3 Å². The largest absolute Gasteiger partial charge is 0.480 e. The van der Waals surface area contributed by atoms with Crippen LogP contribution in [0.3, 0.4) is 0 Å². The molecule has 0 saturated heterocycles. The summed E-state index contributed by atoms with van der Waals surface area (Å²) in [6.07, 6.45) is 0.907. The van der Waals surface area contributed by atoms with E-state index in [0.29, 0.717) is 24.2 Å². The summed E-state index contributed by atoms with van der Waals surface area (Å²) in [6.45, 7) is 7.22. The van der Waals surface area contributed by atoms with Crippen LogP contribution in [0.2, 0.25) is 0 Å². The van der Waals surface area contributed by atoms with Gasteiger partial charge in [-0.3, -0.25) is 14.5 Å². The number of urea groups is 1. The number of carbonyl (C=O) groups is 4. The summed E-state index contributed by atoms with van der Waals surface area (Å²) in [4.78, 5) is 50.6. The molecule has 1 aliphatic rings. The maximum Gasteiger partial charge on any atom is 0.326 e. The summed E-state index contributed by atoms with van der Waals surface area (Å²) < 4.78 is 0. The molecule has 164 valence electrons. The number of fused-ring (bicyclic) bond motifs is 1. The van der Waals surface area contributed by atoms with Crippen LogP contribution in [0.15, 0.2) is 24.3 Å². The minimum Gasteiger partial charge on any atom is -0.480 e. The van der Waals surface area contributed by atoms with Crippen molar-refractivity contribution in [2.45, 2.75) is 52.6 Å². The van der Waals surface area contributed by atoms with Gasteiger partial charge in [0.15, 0.2) is 0 Å². The maximum absolute atomic E-state index is 13.0. The molecular weight excluding hydrogens is 388 g/mol. The zero-order valence-corrected chi connectivity index (χ0v) is 17.8. The second-order valence-electron chi connectivity index (χ2n) is 7.99. The molecule has 30 heavy (non-hydrogen) atoms.